The largest absolute Gasteiger partial charge is 0.507 e. The topological polar surface area (TPSA) is 99.1 Å². The number of hydrogen-bond acceptors (Lipinski definition) is 7. The van der Waals surface area contributed by atoms with Gasteiger partial charge in [-0.05, 0) is 18.6 Å². The maximum Gasteiger partial charge on any atom is 0.342 e. The molecule has 0 bridgehead atoms. The van der Waals surface area contributed by atoms with Crippen LogP contribution in [0.4, 0.5) is 0 Å². The van der Waals surface area contributed by atoms with Gasteiger partial charge >= 0.3 is 17.9 Å². The molecule has 0 aliphatic rings. The number of phenolic OH excluding ortho intramolecular Hbond substituents is 1. The molecule has 0 saturated heterocycles. The maximum absolute atomic E-state index is 11.8. The van der Waals surface area contributed by atoms with Crippen LogP contribution in [0.2, 0.25) is 0 Å². The normalized spacial score (nSPS) is 9.80. The predicted molar refractivity (Wildman–Crippen MR) is 66.9 cm³/mol. The van der Waals surface area contributed by atoms with Crippen LogP contribution in [-0.4, -0.2) is 44.3 Å². The molecule has 0 atom stereocenters. The minimum Gasteiger partial charge on any atom is -0.507 e. The molecule has 0 unspecified atom stereocenters. The summed E-state index contributed by atoms with van der Waals surface area (Å²) < 4.78 is 13.6. The molecule has 0 amide bonds. The summed E-state index contributed by atoms with van der Waals surface area (Å²) in [5.41, 5.74) is -0.789. The van der Waals surface area contributed by atoms with E-state index < -0.39 is 34.8 Å². The standard InChI is InChI=1S/C13H14O7/c1-6-5-7(11(15)18-2)8(12(16)19-3)9(10(6)14)13(17)20-4/h5,14H,1-4H3. The summed E-state index contributed by atoms with van der Waals surface area (Å²) in [5, 5.41) is 9.94. The lowest BCUT2D eigenvalue weighted by molar-refractivity contribution is 0.0533. The van der Waals surface area contributed by atoms with Gasteiger partial charge < -0.3 is 19.3 Å². The van der Waals surface area contributed by atoms with Crippen molar-refractivity contribution in [1.82, 2.24) is 0 Å². The van der Waals surface area contributed by atoms with Crippen molar-refractivity contribution in [3.05, 3.63) is 28.3 Å². The van der Waals surface area contributed by atoms with Crippen LogP contribution in [0.15, 0.2) is 6.07 Å². The van der Waals surface area contributed by atoms with E-state index in [1.54, 1.807) is 0 Å². The monoisotopic (exact) mass is 282 g/mol. The van der Waals surface area contributed by atoms with E-state index in [0.717, 1.165) is 21.3 Å². The molecule has 0 radical (unpaired) electrons. The minimum absolute atomic E-state index is 0.185. The number of phenols is 1. The van der Waals surface area contributed by atoms with Crippen LogP contribution in [0.5, 0.6) is 5.75 Å². The van der Waals surface area contributed by atoms with Gasteiger partial charge in [-0.25, -0.2) is 14.4 Å². The summed E-state index contributed by atoms with van der Waals surface area (Å²) in [6.07, 6.45) is 0. The van der Waals surface area contributed by atoms with Gasteiger partial charge in [0.15, 0.2) is 0 Å². The lowest BCUT2D eigenvalue weighted by Crippen LogP contribution is -2.18. The molecule has 0 aromatic heterocycles. The zero-order valence-electron chi connectivity index (χ0n) is 11.5. The summed E-state index contributed by atoms with van der Waals surface area (Å²) in [7, 11) is 3.30. The third kappa shape index (κ3) is 2.56. The van der Waals surface area contributed by atoms with E-state index in [0.29, 0.717) is 0 Å². The number of esters is 3. The lowest BCUT2D eigenvalue weighted by atomic mass is 9.96. The molecule has 1 aromatic carbocycles. The summed E-state index contributed by atoms with van der Waals surface area (Å²) >= 11 is 0. The smallest absolute Gasteiger partial charge is 0.342 e. The summed E-state index contributed by atoms with van der Waals surface area (Å²) in [6.45, 7) is 1.47. The fourth-order valence-electron chi connectivity index (χ4n) is 1.69. The Hall–Kier alpha value is -2.57. The van der Waals surface area contributed by atoms with Crippen LogP contribution in [0, 0.1) is 6.92 Å². The molecule has 0 spiro atoms. The fourth-order valence-corrected chi connectivity index (χ4v) is 1.69. The van der Waals surface area contributed by atoms with Gasteiger partial charge in [0.25, 0.3) is 0 Å². The van der Waals surface area contributed by atoms with Crippen LogP contribution < -0.4 is 0 Å². The minimum atomic E-state index is -0.961. The number of methoxy groups -OCH3 is 3. The van der Waals surface area contributed by atoms with Crippen molar-refractivity contribution >= 4 is 17.9 Å². The highest BCUT2D eigenvalue weighted by Gasteiger charge is 2.30. The Morgan fingerprint density at radius 2 is 1.35 bits per heavy atom. The third-order valence-electron chi connectivity index (χ3n) is 2.67. The second-order valence-corrected chi connectivity index (χ2v) is 3.81. The molecular weight excluding hydrogens is 268 g/mol. The lowest BCUT2D eigenvalue weighted by Gasteiger charge is -2.14. The van der Waals surface area contributed by atoms with E-state index in [-0.39, 0.29) is 11.1 Å². The number of hydrogen-bond donors (Lipinski definition) is 1. The first-order chi connectivity index (χ1) is 9.38. The first kappa shape index (κ1) is 15.5. The Kier molecular flexibility index (Phi) is 4.68. The van der Waals surface area contributed by atoms with Gasteiger partial charge in [-0.1, -0.05) is 0 Å². The van der Waals surface area contributed by atoms with Gasteiger partial charge in [0.05, 0.1) is 32.5 Å². The van der Waals surface area contributed by atoms with Crippen LogP contribution in [0.3, 0.4) is 0 Å². The van der Waals surface area contributed by atoms with Crippen molar-refractivity contribution in [3.63, 3.8) is 0 Å². The van der Waals surface area contributed by atoms with Crippen molar-refractivity contribution in [1.29, 1.82) is 0 Å². The molecule has 108 valence electrons. The zero-order chi connectivity index (χ0) is 15.4. The number of aromatic hydroxyl groups is 1. The van der Waals surface area contributed by atoms with E-state index in [1.165, 1.54) is 13.0 Å². The number of benzene rings is 1. The van der Waals surface area contributed by atoms with Crippen LogP contribution >= 0.6 is 0 Å². The highest BCUT2D eigenvalue weighted by Crippen LogP contribution is 2.30. The Balaban J connectivity index is 3.78. The Morgan fingerprint density at radius 1 is 0.900 bits per heavy atom. The molecule has 0 aliphatic heterocycles. The van der Waals surface area contributed by atoms with Gasteiger partial charge in [-0.2, -0.15) is 0 Å². The molecule has 7 heteroatoms. The van der Waals surface area contributed by atoms with Crippen molar-refractivity contribution in [3.8, 4) is 5.75 Å². The SMILES string of the molecule is COC(=O)c1cc(C)c(O)c(C(=O)OC)c1C(=O)OC. The van der Waals surface area contributed by atoms with Gasteiger partial charge in [0.2, 0.25) is 0 Å². The first-order valence-corrected chi connectivity index (χ1v) is 5.50. The molecular formula is C13H14O7. The maximum atomic E-state index is 11.8. The second kappa shape index (κ2) is 6.05. The molecule has 1 N–H and O–H groups in total. The third-order valence-corrected chi connectivity index (χ3v) is 2.67. The van der Waals surface area contributed by atoms with Crippen LogP contribution in [0.1, 0.15) is 36.6 Å². The van der Waals surface area contributed by atoms with Crippen molar-refractivity contribution in [2.75, 3.05) is 21.3 Å². The highest BCUT2D eigenvalue weighted by molar-refractivity contribution is 6.12. The average Bonchev–Trinajstić information content (AvgIpc) is 2.46. The van der Waals surface area contributed by atoms with Crippen molar-refractivity contribution < 1.29 is 33.7 Å². The summed E-state index contributed by atoms with van der Waals surface area (Å²) in [5.74, 6) is -3.21. The Bertz CT molecular complexity index is 575. The summed E-state index contributed by atoms with van der Waals surface area (Å²) in [4.78, 5) is 35.3. The summed E-state index contributed by atoms with van der Waals surface area (Å²) in [6, 6.07) is 1.24. The second-order valence-electron chi connectivity index (χ2n) is 3.81. The molecule has 1 aromatic rings. The van der Waals surface area contributed by atoms with Crippen molar-refractivity contribution in [2.45, 2.75) is 6.92 Å². The Labute approximate surface area is 115 Å². The van der Waals surface area contributed by atoms with Crippen molar-refractivity contribution in [2.24, 2.45) is 0 Å². The molecule has 0 heterocycles. The fraction of sp³-hybridized carbons (Fsp3) is 0.308. The highest BCUT2D eigenvalue weighted by atomic mass is 16.5. The molecule has 0 aliphatic carbocycles. The van der Waals surface area contributed by atoms with E-state index in [4.69, 9.17) is 0 Å². The van der Waals surface area contributed by atoms with Gasteiger partial charge in [0, 0.05) is 0 Å². The van der Waals surface area contributed by atoms with Crippen LogP contribution in [-0.2, 0) is 14.2 Å². The quantitative estimate of drug-likeness (QED) is 0.653. The average molecular weight is 282 g/mol. The number of carbonyl (C=O) groups is 3. The molecule has 0 saturated carbocycles. The van der Waals surface area contributed by atoms with Gasteiger partial charge in [0.1, 0.15) is 11.3 Å². The van der Waals surface area contributed by atoms with E-state index in [9.17, 15) is 19.5 Å². The van der Waals surface area contributed by atoms with E-state index >= 15 is 0 Å². The zero-order valence-corrected chi connectivity index (χ0v) is 11.5. The molecule has 20 heavy (non-hydrogen) atoms. The predicted octanol–water partition coefficient (Wildman–Crippen LogP) is 1.06. The van der Waals surface area contributed by atoms with E-state index in [1.807, 2.05) is 0 Å². The number of ether oxygens (including phenoxy) is 3. The Morgan fingerprint density at radius 3 is 1.80 bits per heavy atom. The van der Waals surface area contributed by atoms with E-state index in [2.05, 4.69) is 14.2 Å². The van der Waals surface area contributed by atoms with Crippen LogP contribution in [0.25, 0.3) is 0 Å². The van der Waals surface area contributed by atoms with Gasteiger partial charge in [-0.15, -0.1) is 0 Å². The first-order valence-electron chi connectivity index (χ1n) is 5.50. The number of carbonyl (C=O) groups excluding carboxylic acids is 3. The number of aryl methyl sites for hydroxylation is 1. The molecule has 1 rings (SSSR count). The van der Waals surface area contributed by atoms with Gasteiger partial charge in [-0.3, -0.25) is 0 Å². The molecule has 7 nitrogen and oxygen atoms in total. The number of rotatable bonds is 3. The molecule has 0 fully saturated rings.